The molecule has 41 heavy (non-hydrogen) atoms. The minimum atomic E-state index is -0.143. The fourth-order valence-corrected chi connectivity index (χ4v) is 6.36. The first kappa shape index (κ1) is 26.7. The van der Waals surface area contributed by atoms with E-state index in [0.717, 1.165) is 39.2 Å². The Labute approximate surface area is 246 Å². The van der Waals surface area contributed by atoms with Crippen molar-refractivity contribution in [2.75, 3.05) is 11.9 Å². The Bertz CT molecular complexity index is 1740. The van der Waals surface area contributed by atoms with E-state index in [9.17, 15) is 4.79 Å². The van der Waals surface area contributed by atoms with E-state index in [1.165, 1.54) is 11.1 Å². The van der Waals surface area contributed by atoms with Crippen LogP contribution in [0, 0.1) is 20.8 Å². The molecule has 0 saturated carbocycles. The number of carbonyl (C=O) groups is 1. The number of rotatable bonds is 7. The maximum absolute atomic E-state index is 13.2. The first-order chi connectivity index (χ1) is 19.9. The second-order valence-electron chi connectivity index (χ2n) is 10.6. The number of para-hydroxylation sites is 1. The van der Waals surface area contributed by atoms with Crippen LogP contribution in [0.1, 0.15) is 46.7 Å². The maximum Gasteiger partial charge on any atom is 0.226 e. The van der Waals surface area contributed by atoms with Crippen LogP contribution >= 0.6 is 12.2 Å². The molecule has 0 spiro atoms. The van der Waals surface area contributed by atoms with E-state index in [4.69, 9.17) is 12.2 Å². The molecule has 0 unspecified atom stereocenters. The lowest BCUT2D eigenvalue weighted by Gasteiger charge is -2.28. The Morgan fingerprint density at radius 3 is 2.51 bits per heavy atom. The molecule has 1 aliphatic heterocycles. The molecule has 1 aliphatic rings. The summed E-state index contributed by atoms with van der Waals surface area (Å²) >= 11 is 5.89. The van der Waals surface area contributed by atoms with Crippen LogP contribution in [0.25, 0.3) is 16.5 Å². The number of fused-ring (bicyclic) bond motifs is 1. The van der Waals surface area contributed by atoms with Crippen LogP contribution < -0.4 is 10.6 Å². The first-order valence-corrected chi connectivity index (χ1v) is 14.3. The third-order valence-corrected chi connectivity index (χ3v) is 8.34. The van der Waals surface area contributed by atoms with Gasteiger partial charge < -0.3 is 20.1 Å². The van der Waals surface area contributed by atoms with Gasteiger partial charge >= 0.3 is 0 Å². The summed E-state index contributed by atoms with van der Waals surface area (Å²) in [6.45, 7) is 6.92. The number of nitrogens with one attached hydrogen (secondary N) is 2. The Balaban J connectivity index is 1.32. The Morgan fingerprint density at radius 2 is 1.71 bits per heavy atom. The van der Waals surface area contributed by atoms with Crippen molar-refractivity contribution in [1.29, 1.82) is 0 Å². The zero-order chi connectivity index (χ0) is 28.5. The molecular formula is C34H33N5OS. The molecule has 1 saturated heterocycles. The van der Waals surface area contributed by atoms with Crippen LogP contribution in [0.4, 0.5) is 5.69 Å². The molecule has 3 heterocycles. The highest BCUT2D eigenvalue weighted by Gasteiger charge is 2.41. The van der Waals surface area contributed by atoms with E-state index in [2.05, 4.69) is 88.3 Å². The third-order valence-electron chi connectivity index (χ3n) is 7.99. The van der Waals surface area contributed by atoms with Crippen LogP contribution in [-0.4, -0.2) is 32.0 Å². The number of amides is 1. The van der Waals surface area contributed by atoms with E-state index in [1.54, 1.807) is 0 Å². The summed E-state index contributed by atoms with van der Waals surface area (Å²) in [6, 6.07) is 30.4. The lowest BCUT2D eigenvalue weighted by Crippen LogP contribution is -2.33. The standard InChI is InChI=1S/C34H33N5OS/c1-22-11-4-7-17-30(22)39-23(2)21-27(24(39)3)33-32(29-15-8-9-19-35-29)37-34(41)38(33)20-18-31(40)36-28-16-10-13-25-12-5-6-14-26(25)28/h4-17,19,21,32-33H,18,20H2,1-3H3,(H,36,40)(H,37,41)/t32-,33-/m0/s1. The Hall–Kier alpha value is -4.49. The van der Waals surface area contributed by atoms with Gasteiger partial charge in [-0.05, 0) is 79.8 Å². The minimum Gasteiger partial charge on any atom is -0.352 e. The molecule has 2 aromatic heterocycles. The van der Waals surface area contributed by atoms with Crippen LogP contribution in [-0.2, 0) is 4.79 Å². The molecule has 1 amide bonds. The summed E-state index contributed by atoms with van der Waals surface area (Å²) in [7, 11) is 0. The highest BCUT2D eigenvalue weighted by molar-refractivity contribution is 7.80. The Kier molecular flexibility index (Phi) is 7.28. The fraction of sp³-hybridized carbons (Fsp3) is 0.206. The van der Waals surface area contributed by atoms with Gasteiger partial charge in [0.25, 0.3) is 0 Å². The summed E-state index contributed by atoms with van der Waals surface area (Å²) in [5.41, 5.74) is 7.59. The lowest BCUT2D eigenvalue weighted by atomic mass is 9.96. The number of thiocarbonyl (C=S) groups is 1. The second-order valence-corrected chi connectivity index (χ2v) is 11.0. The average molecular weight is 560 g/mol. The van der Waals surface area contributed by atoms with Gasteiger partial charge in [-0.1, -0.05) is 60.7 Å². The number of hydrogen-bond acceptors (Lipinski definition) is 3. The maximum atomic E-state index is 13.2. The van der Waals surface area contributed by atoms with Crippen molar-refractivity contribution >= 4 is 39.7 Å². The Morgan fingerprint density at radius 1 is 0.951 bits per heavy atom. The van der Waals surface area contributed by atoms with Crippen molar-refractivity contribution in [3.63, 3.8) is 0 Å². The van der Waals surface area contributed by atoms with Crippen LogP contribution in [0.5, 0.6) is 0 Å². The third kappa shape index (κ3) is 5.09. The molecule has 6 rings (SSSR count). The van der Waals surface area contributed by atoms with E-state index < -0.39 is 0 Å². The predicted molar refractivity (Wildman–Crippen MR) is 169 cm³/mol. The van der Waals surface area contributed by atoms with E-state index >= 15 is 0 Å². The van der Waals surface area contributed by atoms with Crippen molar-refractivity contribution in [2.24, 2.45) is 0 Å². The van der Waals surface area contributed by atoms with Gasteiger partial charge in [0.2, 0.25) is 5.91 Å². The smallest absolute Gasteiger partial charge is 0.226 e. The highest BCUT2D eigenvalue weighted by Crippen LogP contribution is 2.41. The molecule has 3 aromatic carbocycles. The molecule has 6 nitrogen and oxygen atoms in total. The zero-order valence-electron chi connectivity index (χ0n) is 23.5. The number of pyridine rings is 1. The van der Waals surface area contributed by atoms with Crippen LogP contribution in [0.3, 0.4) is 0 Å². The van der Waals surface area contributed by atoms with E-state index in [-0.39, 0.29) is 18.0 Å². The lowest BCUT2D eigenvalue weighted by molar-refractivity contribution is -0.116. The van der Waals surface area contributed by atoms with E-state index in [0.29, 0.717) is 18.1 Å². The molecule has 0 aliphatic carbocycles. The van der Waals surface area contributed by atoms with Crippen molar-refractivity contribution in [3.8, 4) is 5.69 Å². The monoisotopic (exact) mass is 559 g/mol. The molecule has 0 bridgehead atoms. The number of nitrogens with zero attached hydrogens (tertiary/aromatic N) is 3. The number of aryl methyl sites for hydroxylation is 2. The molecule has 1 fully saturated rings. The molecular weight excluding hydrogens is 526 g/mol. The molecule has 2 N–H and O–H groups in total. The van der Waals surface area contributed by atoms with Gasteiger partial charge in [0, 0.05) is 47.3 Å². The number of carbonyl (C=O) groups excluding carboxylic acids is 1. The van der Waals surface area contributed by atoms with Gasteiger partial charge in [-0.2, -0.15) is 0 Å². The molecule has 2 atom stereocenters. The molecule has 0 radical (unpaired) electrons. The number of hydrogen-bond donors (Lipinski definition) is 2. The summed E-state index contributed by atoms with van der Waals surface area (Å²) in [4.78, 5) is 20.1. The fourth-order valence-electron chi connectivity index (χ4n) is 6.03. The van der Waals surface area contributed by atoms with E-state index in [1.807, 2.05) is 54.7 Å². The quantitative estimate of drug-likeness (QED) is 0.211. The number of aromatic nitrogens is 2. The van der Waals surface area contributed by atoms with Crippen molar-refractivity contribution in [1.82, 2.24) is 19.8 Å². The molecule has 5 aromatic rings. The summed E-state index contributed by atoms with van der Waals surface area (Å²) in [5.74, 6) is -0.0467. The first-order valence-electron chi connectivity index (χ1n) is 13.9. The van der Waals surface area contributed by atoms with Crippen LogP contribution in [0.2, 0.25) is 0 Å². The van der Waals surface area contributed by atoms with Gasteiger partial charge in [-0.15, -0.1) is 0 Å². The summed E-state index contributed by atoms with van der Waals surface area (Å²) in [5, 5.41) is 9.41. The predicted octanol–water partition coefficient (Wildman–Crippen LogP) is 6.95. The van der Waals surface area contributed by atoms with Gasteiger partial charge in [0.15, 0.2) is 5.11 Å². The SMILES string of the molecule is Cc1ccccc1-n1c(C)cc([C@H]2[C@H](c3ccccn3)NC(=S)N2CCC(=O)Nc2cccc3ccccc23)c1C. The topological polar surface area (TPSA) is 62.2 Å². The number of anilines is 1. The van der Waals surface area contributed by atoms with Gasteiger partial charge in [0.05, 0.1) is 17.8 Å². The number of benzene rings is 3. The van der Waals surface area contributed by atoms with Crippen molar-refractivity contribution in [3.05, 3.63) is 125 Å². The summed E-state index contributed by atoms with van der Waals surface area (Å²) < 4.78 is 2.31. The zero-order valence-corrected chi connectivity index (χ0v) is 24.3. The normalized spacial score (nSPS) is 16.7. The second kappa shape index (κ2) is 11.2. The highest BCUT2D eigenvalue weighted by atomic mass is 32.1. The van der Waals surface area contributed by atoms with Gasteiger partial charge in [-0.25, -0.2) is 0 Å². The van der Waals surface area contributed by atoms with Gasteiger partial charge in [-0.3, -0.25) is 9.78 Å². The van der Waals surface area contributed by atoms with Crippen LogP contribution in [0.15, 0.2) is 97.2 Å². The average Bonchev–Trinajstić information content (AvgIpc) is 3.47. The van der Waals surface area contributed by atoms with Gasteiger partial charge in [0.1, 0.15) is 0 Å². The largest absolute Gasteiger partial charge is 0.352 e. The van der Waals surface area contributed by atoms with Crippen molar-refractivity contribution in [2.45, 2.75) is 39.3 Å². The van der Waals surface area contributed by atoms with Crippen molar-refractivity contribution < 1.29 is 4.79 Å². The molecule has 206 valence electrons. The molecule has 7 heteroatoms. The summed E-state index contributed by atoms with van der Waals surface area (Å²) in [6.07, 6.45) is 2.11. The minimum absolute atomic E-state index is 0.0467.